The van der Waals surface area contributed by atoms with E-state index in [1.807, 2.05) is 7.05 Å². The van der Waals surface area contributed by atoms with Crippen LogP contribution in [0.1, 0.15) is 18.0 Å². The van der Waals surface area contributed by atoms with E-state index in [2.05, 4.69) is 10.2 Å². The Morgan fingerprint density at radius 3 is 2.66 bits per heavy atom. The molecule has 2 atom stereocenters. The smallest absolute Gasteiger partial charge is 0.288 e. The van der Waals surface area contributed by atoms with Gasteiger partial charge in [0.05, 0.1) is 9.95 Å². The molecule has 2 aromatic rings. The van der Waals surface area contributed by atoms with E-state index in [1.54, 1.807) is 6.07 Å². The van der Waals surface area contributed by atoms with E-state index in [0.29, 0.717) is 12.2 Å². The molecular formula is C19H21ClFN3O4S. The molecule has 1 aliphatic heterocycles. The fourth-order valence-electron chi connectivity index (χ4n) is 3.78. The number of rotatable bonds is 6. The number of nitrogens with zero attached hydrogens (tertiary/aromatic N) is 2. The van der Waals surface area contributed by atoms with E-state index in [0.717, 1.165) is 24.8 Å². The summed E-state index contributed by atoms with van der Waals surface area (Å²) in [7, 11) is -1.79. The molecule has 1 fully saturated rings. The van der Waals surface area contributed by atoms with Gasteiger partial charge in [0.15, 0.2) is 9.84 Å². The molecule has 1 N–H and O–H groups in total. The zero-order valence-electron chi connectivity index (χ0n) is 15.9. The number of benzene rings is 2. The van der Waals surface area contributed by atoms with Gasteiger partial charge in [-0.3, -0.25) is 15.0 Å². The van der Waals surface area contributed by atoms with Crippen LogP contribution < -0.4 is 5.32 Å². The SMILES string of the molecule is CN1CCC(CNc2ccc([N+](=O)[O-])c(S(C)(=O)=O)c2)C1c1ccc(Cl)c(F)c1. The van der Waals surface area contributed by atoms with Crippen molar-refractivity contribution < 1.29 is 17.7 Å². The highest BCUT2D eigenvalue weighted by molar-refractivity contribution is 7.90. The maximum atomic E-state index is 13.9. The second-order valence-electron chi connectivity index (χ2n) is 7.24. The normalized spacial score (nSPS) is 20.0. The molecule has 0 radical (unpaired) electrons. The summed E-state index contributed by atoms with van der Waals surface area (Å²) < 4.78 is 37.8. The molecule has 0 amide bonds. The Bertz CT molecular complexity index is 1050. The topological polar surface area (TPSA) is 92.5 Å². The predicted molar refractivity (Wildman–Crippen MR) is 110 cm³/mol. The number of halogens is 2. The molecule has 2 unspecified atom stereocenters. The molecule has 0 aliphatic carbocycles. The predicted octanol–water partition coefficient (Wildman–Crippen LogP) is 3.90. The molecular weight excluding hydrogens is 421 g/mol. The molecule has 7 nitrogen and oxygen atoms in total. The summed E-state index contributed by atoms with van der Waals surface area (Å²) >= 11 is 5.79. The molecule has 0 spiro atoms. The quantitative estimate of drug-likeness (QED) is 0.540. The third-order valence-corrected chi connectivity index (χ3v) is 6.62. The average molecular weight is 442 g/mol. The first-order valence-electron chi connectivity index (χ1n) is 8.95. The van der Waals surface area contributed by atoms with Gasteiger partial charge in [-0.25, -0.2) is 12.8 Å². The molecule has 10 heteroatoms. The zero-order valence-corrected chi connectivity index (χ0v) is 17.5. The molecule has 0 aromatic heterocycles. The summed E-state index contributed by atoms with van der Waals surface area (Å²) in [6, 6.07) is 8.71. The van der Waals surface area contributed by atoms with Gasteiger partial charge in [-0.05, 0) is 55.8 Å². The Labute approximate surface area is 173 Å². The third kappa shape index (κ3) is 4.68. The summed E-state index contributed by atoms with van der Waals surface area (Å²) in [6.45, 7) is 1.33. The molecule has 2 aromatic carbocycles. The van der Waals surface area contributed by atoms with Crippen molar-refractivity contribution in [1.29, 1.82) is 0 Å². The minimum absolute atomic E-state index is 0.0262. The van der Waals surface area contributed by atoms with Gasteiger partial charge in [0.2, 0.25) is 0 Å². The van der Waals surface area contributed by atoms with Crippen molar-refractivity contribution in [3.8, 4) is 0 Å². The lowest BCUT2D eigenvalue weighted by atomic mass is 9.93. The molecule has 29 heavy (non-hydrogen) atoms. The Morgan fingerprint density at radius 2 is 2.03 bits per heavy atom. The Morgan fingerprint density at radius 1 is 1.31 bits per heavy atom. The molecule has 3 rings (SSSR count). The van der Waals surface area contributed by atoms with Crippen molar-refractivity contribution in [3.63, 3.8) is 0 Å². The number of anilines is 1. The lowest BCUT2D eigenvalue weighted by Crippen LogP contribution is -2.25. The number of hydrogen-bond acceptors (Lipinski definition) is 6. The third-order valence-electron chi connectivity index (χ3n) is 5.18. The number of likely N-dealkylation sites (tertiary alicyclic amines) is 1. The van der Waals surface area contributed by atoms with Crippen LogP contribution in [0.3, 0.4) is 0 Å². The summed E-state index contributed by atoms with van der Waals surface area (Å²) in [4.78, 5) is 12.2. The second kappa shape index (κ2) is 8.25. The molecule has 0 bridgehead atoms. The fourth-order valence-corrected chi connectivity index (χ4v) is 4.76. The first-order valence-corrected chi connectivity index (χ1v) is 11.2. The standard InChI is InChI=1S/C19H21ClFN3O4S/c1-23-8-7-13(19(23)12-3-5-15(20)16(21)9-12)11-22-14-4-6-17(24(25)26)18(10-14)29(2,27)28/h3-6,9-10,13,19,22H,7-8,11H2,1-2H3. The van der Waals surface area contributed by atoms with Crippen LogP contribution in [0.15, 0.2) is 41.3 Å². The van der Waals surface area contributed by atoms with Crippen LogP contribution in [0, 0.1) is 21.8 Å². The Hall–Kier alpha value is -2.23. The number of nitro benzene ring substituents is 1. The van der Waals surface area contributed by atoms with Gasteiger partial charge in [0.1, 0.15) is 10.7 Å². The Balaban J connectivity index is 1.81. The van der Waals surface area contributed by atoms with E-state index in [4.69, 9.17) is 11.6 Å². The van der Waals surface area contributed by atoms with Crippen LogP contribution in [0.4, 0.5) is 15.8 Å². The Kier molecular flexibility index (Phi) is 6.11. The van der Waals surface area contributed by atoms with Crippen LogP contribution in [0.2, 0.25) is 5.02 Å². The van der Waals surface area contributed by atoms with Crippen LogP contribution in [-0.2, 0) is 9.84 Å². The van der Waals surface area contributed by atoms with E-state index in [-0.39, 0.29) is 21.9 Å². The lowest BCUT2D eigenvalue weighted by molar-refractivity contribution is -0.387. The number of nitrogens with one attached hydrogen (secondary N) is 1. The molecule has 1 saturated heterocycles. The lowest BCUT2D eigenvalue weighted by Gasteiger charge is -2.26. The van der Waals surface area contributed by atoms with Crippen LogP contribution in [0.25, 0.3) is 0 Å². The van der Waals surface area contributed by atoms with Crippen molar-refractivity contribution in [3.05, 3.63) is 62.9 Å². The van der Waals surface area contributed by atoms with Gasteiger partial charge >= 0.3 is 0 Å². The van der Waals surface area contributed by atoms with Gasteiger partial charge in [-0.2, -0.15) is 0 Å². The van der Waals surface area contributed by atoms with Crippen molar-refractivity contribution in [2.45, 2.75) is 17.4 Å². The summed E-state index contributed by atoms with van der Waals surface area (Å²) in [5.41, 5.74) is 0.846. The first-order chi connectivity index (χ1) is 13.6. The van der Waals surface area contributed by atoms with Gasteiger partial charge in [-0.15, -0.1) is 0 Å². The maximum absolute atomic E-state index is 13.9. The van der Waals surface area contributed by atoms with Gasteiger partial charge in [-0.1, -0.05) is 17.7 Å². The van der Waals surface area contributed by atoms with E-state index < -0.39 is 26.3 Å². The minimum atomic E-state index is -3.75. The van der Waals surface area contributed by atoms with Gasteiger partial charge in [0.25, 0.3) is 5.69 Å². The largest absolute Gasteiger partial charge is 0.385 e. The van der Waals surface area contributed by atoms with Crippen LogP contribution in [-0.4, -0.2) is 44.6 Å². The van der Waals surface area contributed by atoms with Crippen molar-refractivity contribution in [2.24, 2.45) is 5.92 Å². The van der Waals surface area contributed by atoms with Gasteiger partial charge in [0, 0.05) is 30.6 Å². The number of sulfone groups is 1. The highest BCUT2D eigenvalue weighted by Gasteiger charge is 2.33. The highest BCUT2D eigenvalue weighted by atomic mass is 35.5. The minimum Gasteiger partial charge on any atom is -0.385 e. The van der Waals surface area contributed by atoms with E-state index in [1.165, 1.54) is 30.3 Å². The first kappa shape index (κ1) is 21.5. The van der Waals surface area contributed by atoms with Crippen molar-refractivity contribution >= 4 is 32.8 Å². The monoisotopic (exact) mass is 441 g/mol. The number of hydrogen-bond donors (Lipinski definition) is 1. The zero-order chi connectivity index (χ0) is 21.3. The van der Waals surface area contributed by atoms with Crippen molar-refractivity contribution in [2.75, 3.05) is 31.7 Å². The van der Waals surface area contributed by atoms with Crippen LogP contribution >= 0.6 is 11.6 Å². The number of nitro groups is 1. The average Bonchev–Trinajstić information content (AvgIpc) is 3.02. The van der Waals surface area contributed by atoms with Crippen LogP contribution in [0.5, 0.6) is 0 Å². The second-order valence-corrected chi connectivity index (χ2v) is 9.63. The molecule has 1 aliphatic rings. The molecule has 1 heterocycles. The summed E-state index contributed by atoms with van der Waals surface area (Å²) in [6.07, 6.45) is 1.81. The molecule has 156 valence electrons. The van der Waals surface area contributed by atoms with Crippen molar-refractivity contribution in [1.82, 2.24) is 4.90 Å². The van der Waals surface area contributed by atoms with E-state index >= 15 is 0 Å². The summed E-state index contributed by atoms with van der Waals surface area (Å²) in [5, 5.41) is 14.4. The highest BCUT2D eigenvalue weighted by Crippen LogP contribution is 2.37. The molecule has 0 saturated carbocycles. The maximum Gasteiger partial charge on any atom is 0.288 e. The fraction of sp³-hybridized carbons (Fsp3) is 0.368. The van der Waals surface area contributed by atoms with Gasteiger partial charge < -0.3 is 5.32 Å². The summed E-state index contributed by atoms with van der Waals surface area (Å²) in [5.74, 6) is -0.332. The van der Waals surface area contributed by atoms with E-state index in [9.17, 15) is 22.9 Å².